The van der Waals surface area contributed by atoms with Crippen molar-refractivity contribution >= 4 is 16.7 Å². The minimum atomic E-state index is 0.564. The zero-order valence-corrected chi connectivity index (χ0v) is 14.8. The second-order valence-corrected chi connectivity index (χ2v) is 6.46. The van der Waals surface area contributed by atoms with E-state index in [1.54, 1.807) is 20.5 Å². The molecule has 0 amide bonds. The Labute approximate surface area is 147 Å². The first kappa shape index (κ1) is 16.4. The molecule has 3 heterocycles. The Kier molecular flexibility index (Phi) is 4.59. The topological polar surface area (TPSA) is 60.0 Å². The largest absolute Gasteiger partial charge is 0.493 e. The van der Waals surface area contributed by atoms with Crippen molar-refractivity contribution in [3.8, 4) is 11.5 Å². The normalized spacial score (nSPS) is 21.7. The van der Waals surface area contributed by atoms with Crippen molar-refractivity contribution < 1.29 is 14.2 Å². The van der Waals surface area contributed by atoms with Gasteiger partial charge in [0.25, 0.3) is 0 Å². The average molecular weight is 344 g/mol. The highest BCUT2D eigenvalue weighted by molar-refractivity contribution is 5.92. The summed E-state index contributed by atoms with van der Waals surface area (Å²) in [5.41, 5.74) is 0.873. The Balaban J connectivity index is 1.63. The lowest BCUT2D eigenvalue weighted by Crippen LogP contribution is -2.44. The van der Waals surface area contributed by atoms with Gasteiger partial charge in [-0.15, -0.1) is 0 Å². The number of rotatable bonds is 4. The molecule has 2 aromatic rings. The van der Waals surface area contributed by atoms with Gasteiger partial charge in [-0.25, -0.2) is 9.97 Å². The van der Waals surface area contributed by atoms with Crippen LogP contribution >= 0.6 is 0 Å². The number of fused-ring (bicyclic) bond motifs is 1. The van der Waals surface area contributed by atoms with Crippen LogP contribution in [0.5, 0.6) is 11.5 Å². The lowest BCUT2D eigenvalue weighted by atomic mass is 10.2. The van der Waals surface area contributed by atoms with E-state index in [0.717, 1.165) is 62.5 Å². The number of benzene rings is 1. The zero-order valence-electron chi connectivity index (χ0n) is 14.8. The van der Waals surface area contributed by atoms with Crippen LogP contribution in [0.15, 0.2) is 18.5 Å². The molecule has 0 radical (unpaired) electrons. The molecule has 0 saturated carbocycles. The van der Waals surface area contributed by atoms with Crippen LogP contribution < -0.4 is 14.4 Å². The van der Waals surface area contributed by atoms with Crippen molar-refractivity contribution in [2.45, 2.75) is 12.5 Å². The molecule has 2 aliphatic heterocycles. The smallest absolute Gasteiger partial charge is 0.162 e. The van der Waals surface area contributed by atoms with Crippen LogP contribution in [0, 0.1) is 0 Å². The summed E-state index contributed by atoms with van der Waals surface area (Å²) in [5.74, 6) is 2.36. The molecule has 4 rings (SSSR count). The summed E-state index contributed by atoms with van der Waals surface area (Å²) in [6.07, 6.45) is 2.78. The predicted molar refractivity (Wildman–Crippen MR) is 95.7 cm³/mol. The summed E-state index contributed by atoms with van der Waals surface area (Å²) in [5, 5.41) is 1.00. The highest BCUT2D eigenvalue weighted by Crippen LogP contribution is 2.35. The maximum atomic E-state index is 5.47. The molecule has 1 atom stereocenters. The Hall–Kier alpha value is -2.12. The predicted octanol–water partition coefficient (Wildman–Crippen LogP) is 1.56. The first-order chi connectivity index (χ1) is 12.3. The maximum absolute atomic E-state index is 5.47. The Bertz CT molecular complexity index is 748. The van der Waals surface area contributed by atoms with Gasteiger partial charge in [-0.3, -0.25) is 4.90 Å². The highest BCUT2D eigenvalue weighted by Gasteiger charge is 2.30. The molecule has 0 bridgehead atoms. The number of anilines is 1. The number of nitrogens with zero attached hydrogens (tertiary/aromatic N) is 4. The lowest BCUT2D eigenvalue weighted by Gasteiger charge is -2.32. The van der Waals surface area contributed by atoms with Gasteiger partial charge >= 0.3 is 0 Å². The summed E-state index contributed by atoms with van der Waals surface area (Å²) in [7, 11) is 3.29. The molecule has 1 unspecified atom stereocenters. The SMILES string of the molecule is COc1cc2ncnc(N3CCC(N4CCOCC4)C3)c2cc1OC. The molecule has 7 heteroatoms. The van der Waals surface area contributed by atoms with Crippen molar-refractivity contribution in [1.82, 2.24) is 14.9 Å². The molecule has 1 aromatic heterocycles. The van der Waals surface area contributed by atoms with Gasteiger partial charge in [0.05, 0.1) is 33.0 Å². The van der Waals surface area contributed by atoms with E-state index in [9.17, 15) is 0 Å². The van der Waals surface area contributed by atoms with Gasteiger partial charge in [0.15, 0.2) is 11.5 Å². The van der Waals surface area contributed by atoms with Gasteiger partial charge < -0.3 is 19.1 Å². The molecule has 1 aromatic carbocycles. The molecule has 0 spiro atoms. The second kappa shape index (κ2) is 7.01. The van der Waals surface area contributed by atoms with E-state index in [-0.39, 0.29) is 0 Å². The standard InChI is InChI=1S/C18H24N4O3/c1-23-16-9-14-15(10-17(16)24-2)19-12-20-18(14)22-4-3-13(11-22)21-5-7-25-8-6-21/h9-10,12-13H,3-8,11H2,1-2H3. The van der Waals surface area contributed by atoms with Crippen molar-refractivity contribution in [3.05, 3.63) is 18.5 Å². The zero-order chi connectivity index (χ0) is 17.2. The fourth-order valence-electron chi connectivity index (χ4n) is 3.80. The third kappa shape index (κ3) is 3.09. The van der Waals surface area contributed by atoms with Crippen molar-refractivity contribution in [2.24, 2.45) is 0 Å². The summed E-state index contributed by atoms with van der Waals surface area (Å²) >= 11 is 0. The fraction of sp³-hybridized carbons (Fsp3) is 0.556. The molecule has 25 heavy (non-hydrogen) atoms. The van der Waals surface area contributed by atoms with Gasteiger partial charge in [-0.1, -0.05) is 0 Å². The molecular weight excluding hydrogens is 320 g/mol. The second-order valence-electron chi connectivity index (χ2n) is 6.46. The minimum Gasteiger partial charge on any atom is -0.493 e. The summed E-state index contributed by atoms with van der Waals surface area (Å²) < 4.78 is 16.3. The van der Waals surface area contributed by atoms with Crippen LogP contribution in [-0.4, -0.2) is 74.5 Å². The van der Waals surface area contributed by atoms with Crippen LogP contribution in [0.2, 0.25) is 0 Å². The first-order valence-corrected chi connectivity index (χ1v) is 8.73. The average Bonchev–Trinajstić information content (AvgIpc) is 3.17. The van der Waals surface area contributed by atoms with Gasteiger partial charge in [-0.05, 0) is 12.5 Å². The number of hydrogen-bond acceptors (Lipinski definition) is 7. The van der Waals surface area contributed by atoms with Crippen molar-refractivity contribution in [2.75, 3.05) is 58.5 Å². The van der Waals surface area contributed by atoms with E-state index in [4.69, 9.17) is 14.2 Å². The van der Waals surface area contributed by atoms with Gasteiger partial charge in [0.1, 0.15) is 12.1 Å². The number of ether oxygens (including phenoxy) is 3. The molecule has 0 aliphatic carbocycles. The van der Waals surface area contributed by atoms with E-state index < -0.39 is 0 Å². The van der Waals surface area contributed by atoms with Gasteiger partial charge in [0, 0.05) is 43.7 Å². The number of morpholine rings is 1. The molecule has 0 N–H and O–H groups in total. The van der Waals surface area contributed by atoms with Crippen LogP contribution in [-0.2, 0) is 4.74 Å². The van der Waals surface area contributed by atoms with Crippen LogP contribution in [0.25, 0.3) is 10.9 Å². The summed E-state index contributed by atoms with van der Waals surface area (Å²) in [6, 6.07) is 4.45. The minimum absolute atomic E-state index is 0.564. The monoisotopic (exact) mass is 344 g/mol. The van der Waals surface area contributed by atoms with Crippen LogP contribution in [0.1, 0.15) is 6.42 Å². The Morgan fingerprint density at radius 1 is 1.04 bits per heavy atom. The first-order valence-electron chi connectivity index (χ1n) is 8.73. The van der Waals surface area contributed by atoms with E-state index in [1.807, 2.05) is 12.1 Å². The molecule has 2 saturated heterocycles. The number of aromatic nitrogens is 2. The lowest BCUT2D eigenvalue weighted by molar-refractivity contribution is 0.0209. The Morgan fingerprint density at radius 2 is 1.80 bits per heavy atom. The maximum Gasteiger partial charge on any atom is 0.162 e. The van der Waals surface area contributed by atoms with E-state index in [0.29, 0.717) is 17.5 Å². The fourth-order valence-corrected chi connectivity index (χ4v) is 3.80. The van der Waals surface area contributed by atoms with Crippen LogP contribution in [0.3, 0.4) is 0 Å². The third-order valence-corrected chi connectivity index (χ3v) is 5.14. The van der Waals surface area contributed by atoms with E-state index in [2.05, 4.69) is 19.8 Å². The molecule has 134 valence electrons. The Morgan fingerprint density at radius 3 is 2.56 bits per heavy atom. The third-order valence-electron chi connectivity index (χ3n) is 5.14. The number of methoxy groups -OCH3 is 2. The van der Waals surface area contributed by atoms with Gasteiger partial charge in [-0.2, -0.15) is 0 Å². The van der Waals surface area contributed by atoms with Crippen molar-refractivity contribution in [3.63, 3.8) is 0 Å². The van der Waals surface area contributed by atoms with E-state index >= 15 is 0 Å². The van der Waals surface area contributed by atoms with E-state index in [1.165, 1.54) is 0 Å². The molecule has 2 fully saturated rings. The molecular formula is C18H24N4O3. The van der Waals surface area contributed by atoms with Crippen LogP contribution in [0.4, 0.5) is 5.82 Å². The highest BCUT2D eigenvalue weighted by atomic mass is 16.5. The summed E-state index contributed by atoms with van der Waals surface area (Å²) in [4.78, 5) is 13.9. The quantitative estimate of drug-likeness (QED) is 0.834. The van der Waals surface area contributed by atoms with Crippen molar-refractivity contribution in [1.29, 1.82) is 0 Å². The molecule has 2 aliphatic rings. The number of hydrogen-bond donors (Lipinski definition) is 0. The van der Waals surface area contributed by atoms with Gasteiger partial charge in [0.2, 0.25) is 0 Å². The summed E-state index contributed by atoms with van der Waals surface area (Å²) in [6.45, 7) is 5.71. The molecule has 7 nitrogen and oxygen atoms in total.